The van der Waals surface area contributed by atoms with Gasteiger partial charge in [-0.1, -0.05) is 30.3 Å². The van der Waals surface area contributed by atoms with Gasteiger partial charge in [-0.15, -0.1) is 0 Å². The summed E-state index contributed by atoms with van der Waals surface area (Å²) in [5, 5.41) is 7.96. The number of nitrogens with zero attached hydrogens (tertiary/aromatic N) is 3. The highest BCUT2D eigenvalue weighted by molar-refractivity contribution is 5.57. The van der Waals surface area contributed by atoms with Crippen LogP contribution < -0.4 is 11.3 Å². The van der Waals surface area contributed by atoms with E-state index in [9.17, 15) is 0 Å². The van der Waals surface area contributed by atoms with Crippen LogP contribution in [0.25, 0.3) is 11.3 Å². The van der Waals surface area contributed by atoms with Crippen molar-refractivity contribution in [2.75, 3.05) is 0 Å². The smallest absolute Gasteiger partial charge is 0.168 e. The van der Waals surface area contributed by atoms with Gasteiger partial charge in [-0.25, -0.2) is 4.68 Å². The van der Waals surface area contributed by atoms with Crippen LogP contribution in [0.15, 0.2) is 47.6 Å². The van der Waals surface area contributed by atoms with Gasteiger partial charge in [0.2, 0.25) is 0 Å². The predicted molar refractivity (Wildman–Crippen MR) is 58.4 cm³/mol. The van der Waals surface area contributed by atoms with Crippen molar-refractivity contribution in [1.82, 2.24) is 9.78 Å². The topological polar surface area (TPSA) is 56.2 Å². The number of nitrogens with two attached hydrogens (primary N) is 1. The number of hydrogen-bond donors (Lipinski definition) is 1. The van der Waals surface area contributed by atoms with Crippen molar-refractivity contribution in [1.29, 1.82) is 0 Å². The fourth-order valence-corrected chi connectivity index (χ4v) is 1.40. The molecule has 1 aromatic heterocycles. The summed E-state index contributed by atoms with van der Waals surface area (Å²) < 4.78 is 1.66. The van der Waals surface area contributed by atoms with Gasteiger partial charge in [0.05, 0.1) is 5.69 Å². The van der Waals surface area contributed by atoms with E-state index in [1.807, 2.05) is 49.5 Å². The van der Waals surface area contributed by atoms with Crippen LogP contribution in [0.1, 0.15) is 0 Å². The third kappa shape index (κ3) is 1.88. The first-order chi connectivity index (χ1) is 7.31. The standard InChI is InChI=1S/C11H12N4/c1-15-11(13-12)8-7-10(14-15)9-5-3-2-4-6-9/h2-8H,12H2,1H3/b13-11-. The molecule has 4 heteroatoms. The van der Waals surface area contributed by atoms with Crippen LogP contribution in [0.3, 0.4) is 0 Å². The molecule has 0 aliphatic carbocycles. The highest BCUT2D eigenvalue weighted by Crippen LogP contribution is 2.13. The Morgan fingerprint density at radius 1 is 1.13 bits per heavy atom. The van der Waals surface area contributed by atoms with E-state index in [0.29, 0.717) is 5.49 Å². The van der Waals surface area contributed by atoms with E-state index >= 15 is 0 Å². The maximum Gasteiger partial charge on any atom is 0.168 e. The average Bonchev–Trinajstić information content (AvgIpc) is 2.30. The Labute approximate surface area is 87.7 Å². The number of rotatable bonds is 1. The summed E-state index contributed by atoms with van der Waals surface area (Å²) in [4.78, 5) is 0. The van der Waals surface area contributed by atoms with Crippen molar-refractivity contribution in [2.24, 2.45) is 18.0 Å². The second-order valence-corrected chi connectivity index (χ2v) is 3.20. The Bertz CT molecular complexity index is 514. The summed E-state index contributed by atoms with van der Waals surface area (Å²) in [5.41, 5.74) is 2.64. The summed E-state index contributed by atoms with van der Waals surface area (Å²) in [7, 11) is 1.82. The van der Waals surface area contributed by atoms with Gasteiger partial charge >= 0.3 is 0 Å². The maximum absolute atomic E-state index is 5.20. The molecule has 2 N–H and O–H groups in total. The van der Waals surface area contributed by atoms with Crippen LogP contribution in [0, 0.1) is 0 Å². The van der Waals surface area contributed by atoms with Gasteiger partial charge < -0.3 is 5.84 Å². The summed E-state index contributed by atoms with van der Waals surface area (Å²) >= 11 is 0. The molecule has 0 saturated carbocycles. The van der Waals surface area contributed by atoms with E-state index < -0.39 is 0 Å². The fourth-order valence-electron chi connectivity index (χ4n) is 1.40. The van der Waals surface area contributed by atoms with Gasteiger partial charge in [-0.2, -0.15) is 10.2 Å². The number of hydrogen-bond acceptors (Lipinski definition) is 3. The Morgan fingerprint density at radius 2 is 1.87 bits per heavy atom. The quantitative estimate of drug-likeness (QED) is 0.548. The Balaban J connectivity index is 2.53. The van der Waals surface area contributed by atoms with Crippen molar-refractivity contribution in [3.63, 3.8) is 0 Å². The van der Waals surface area contributed by atoms with E-state index in [1.54, 1.807) is 4.68 Å². The van der Waals surface area contributed by atoms with Gasteiger partial charge in [-0.05, 0) is 12.1 Å². The second kappa shape index (κ2) is 3.96. The molecule has 0 atom stereocenters. The second-order valence-electron chi connectivity index (χ2n) is 3.20. The lowest BCUT2D eigenvalue weighted by atomic mass is 10.1. The van der Waals surface area contributed by atoms with Crippen molar-refractivity contribution in [3.8, 4) is 11.3 Å². The Kier molecular flexibility index (Phi) is 2.49. The van der Waals surface area contributed by atoms with E-state index in [-0.39, 0.29) is 0 Å². The minimum absolute atomic E-state index is 0.648. The van der Waals surface area contributed by atoms with E-state index in [0.717, 1.165) is 11.3 Å². The minimum Gasteiger partial charge on any atom is -0.321 e. The zero-order valence-corrected chi connectivity index (χ0v) is 8.46. The van der Waals surface area contributed by atoms with E-state index in [4.69, 9.17) is 5.84 Å². The first-order valence-electron chi connectivity index (χ1n) is 4.65. The molecular weight excluding hydrogens is 188 g/mol. The van der Waals surface area contributed by atoms with Crippen LogP contribution in [-0.4, -0.2) is 9.78 Å². The predicted octanol–water partition coefficient (Wildman–Crippen LogP) is 0.861. The molecule has 1 aromatic carbocycles. The Morgan fingerprint density at radius 3 is 2.47 bits per heavy atom. The van der Waals surface area contributed by atoms with Crippen LogP contribution in [0.5, 0.6) is 0 Å². The lowest BCUT2D eigenvalue weighted by Crippen LogP contribution is -2.21. The number of aromatic nitrogens is 2. The summed E-state index contributed by atoms with van der Waals surface area (Å²) in [6.45, 7) is 0. The molecule has 2 aromatic rings. The summed E-state index contributed by atoms with van der Waals surface area (Å²) in [6, 6.07) is 13.7. The largest absolute Gasteiger partial charge is 0.321 e. The highest BCUT2D eigenvalue weighted by Gasteiger charge is 1.98. The molecule has 1 heterocycles. The molecule has 0 radical (unpaired) electrons. The molecule has 0 unspecified atom stereocenters. The molecule has 0 spiro atoms. The molecule has 2 rings (SSSR count). The fraction of sp³-hybridized carbons (Fsp3) is 0.0909. The van der Waals surface area contributed by atoms with Crippen LogP contribution >= 0.6 is 0 Å². The zero-order valence-electron chi connectivity index (χ0n) is 8.46. The average molecular weight is 200 g/mol. The van der Waals surface area contributed by atoms with E-state index in [1.165, 1.54) is 0 Å². The lowest BCUT2D eigenvalue weighted by molar-refractivity contribution is 0.687. The van der Waals surface area contributed by atoms with Gasteiger partial charge in [0.25, 0.3) is 0 Å². The Hall–Kier alpha value is -2.10. The molecule has 0 bridgehead atoms. The molecule has 0 amide bonds. The summed E-state index contributed by atoms with van der Waals surface area (Å²) in [5.74, 6) is 5.20. The van der Waals surface area contributed by atoms with Gasteiger partial charge in [0.1, 0.15) is 0 Å². The van der Waals surface area contributed by atoms with Crippen molar-refractivity contribution < 1.29 is 0 Å². The van der Waals surface area contributed by atoms with Crippen molar-refractivity contribution in [2.45, 2.75) is 0 Å². The third-order valence-corrected chi connectivity index (χ3v) is 2.18. The maximum atomic E-state index is 5.20. The zero-order chi connectivity index (χ0) is 10.7. The minimum atomic E-state index is 0.648. The van der Waals surface area contributed by atoms with Gasteiger partial charge in [-0.3, -0.25) is 0 Å². The van der Waals surface area contributed by atoms with Crippen LogP contribution in [0.4, 0.5) is 0 Å². The molecular formula is C11H12N4. The van der Waals surface area contributed by atoms with Crippen molar-refractivity contribution in [3.05, 3.63) is 48.0 Å². The monoisotopic (exact) mass is 200 g/mol. The lowest BCUT2D eigenvalue weighted by Gasteiger charge is -2.03. The molecule has 76 valence electrons. The first kappa shape index (κ1) is 9.45. The van der Waals surface area contributed by atoms with Gasteiger partial charge in [0, 0.05) is 12.6 Å². The van der Waals surface area contributed by atoms with Crippen LogP contribution in [0.2, 0.25) is 0 Å². The van der Waals surface area contributed by atoms with E-state index in [2.05, 4.69) is 10.2 Å². The normalized spacial score (nSPS) is 11.7. The molecule has 0 saturated heterocycles. The summed E-state index contributed by atoms with van der Waals surface area (Å²) in [6.07, 6.45) is 0. The molecule has 0 aliphatic heterocycles. The number of benzene rings is 1. The van der Waals surface area contributed by atoms with Crippen LogP contribution in [-0.2, 0) is 7.05 Å². The highest BCUT2D eigenvalue weighted by atomic mass is 15.3. The third-order valence-electron chi connectivity index (χ3n) is 2.18. The molecule has 15 heavy (non-hydrogen) atoms. The van der Waals surface area contributed by atoms with Crippen molar-refractivity contribution >= 4 is 0 Å². The first-order valence-corrected chi connectivity index (χ1v) is 4.65. The van der Waals surface area contributed by atoms with Gasteiger partial charge in [0.15, 0.2) is 5.49 Å². The molecule has 0 fully saturated rings. The number of aryl methyl sites for hydroxylation is 1. The molecule has 4 nitrogen and oxygen atoms in total. The SMILES string of the molecule is Cn1nc(-c2ccccc2)cc/c1=N/N. The molecule has 0 aliphatic rings.